The molecule has 1 aliphatic heterocycles. The quantitative estimate of drug-likeness (QED) is 0.431. The highest BCUT2D eigenvalue weighted by molar-refractivity contribution is 14.1. The molecular formula is C15H11IO5. The van der Waals surface area contributed by atoms with Crippen LogP contribution in [0.25, 0.3) is 0 Å². The Morgan fingerprint density at radius 3 is 2.48 bits per heavy atom. The fourth-order valence-corrected chi connectivity index (χ4v) is 3.66. The summed E-state index contributed by atoms with van der Waals surface area (Å²) >= 11 is 1.96. The number of ketones is 2. The average Bonchev–Trinajstić information content (AvgIpc) is 2.93. The molecule has 0 amide bonds. The Hall–Kier alpha value is -1.54. The van der Waals surface area contributed by atoms with Gasteiger partial charge in [0.25, 0.3) is 0 Å². The van der Waals surface area contributed by atoms with Gasteiger partial charge in [-0.1, -0.05) is 46.9 Å². The fraction of sp³-hybridized carbons (Fsp3) is 0.267. The monoisotopic (exact) mass is 398 g/mol. The molecule has 0 aromatic heterocycles. The maximum atomic E-state index is 12.7. The number of alkyl halides is 1. The number of hydrogen-bond acceptors (Lipinski definition) is 5. The lowest BCUT2D eigenvalue weighted by Gasteiger charge is -2.27. The second-order valence-corrected chi connectivity index (χ2v) is 5.56. The van der Waals surface area contributed by atoms with Crippen LogP contribution in [-0.2, 0) is 14.3 Å². The number of carbonyl (C=O) groups excluding carboxylic acids is 3. The molecule has 2 aliphatic rings. The highest BCUT2D eigenvalue weighted by Crippen LogP contribution is 2.41. The van der Waals surface area contributed by atoms with Crippen LogP contribution in [0.2, 0.25) is 0 Å². The molecule has 0 saturated carbocycles. The lowest BCUT2D eigenvalue weighted by atomic mass is 9.79. The highest BCUT2D eigenvalue weighted by Gasteiger charge is 2.55. The first-order valence-electron chi connectivity index (χ1n) is 6.27. The van der Waals surface area contributed by atoms with Gasteiger partial charge in [0.05, 0.1) is 19.3 Å². The van der Waals surface area contributed by atoms with E-state index in [1.54, 1.807) is 24.3 Å². The Kier molecular flexibility index (Phi) is 3.45. The van der Waals surface area contributed by atoms with E-state index >= 15 is 0 Å². The molecule has 1 heterocycles. The number of Topliss-reactive ketones (excluding diaryl/α,β-unsaturated/α-hetero) is 2. The third-order valence-electron chi connectivity index (χ3n) is 3.79. The summed E-state index contributed by atoms with van der Waals surface area (Å²) in [6.07, 6.45) is 0. The van der Waals surface area contributed by atoms with Gasteiger partial charge in [0.15, 0.2) is 11.6 Å². The number of halogens is 1. The Morgan fingerprint density at radius 2 is 1.90 bits per heavy atom. The Balaban J connectivity index is 2.23. The molecule has 1 aromatic carbocycles. The number of benzene rings is 1. The number of esters is 1. The van der Waals surface area contributed by atoms with Crippen LogP contribution in [0.4, 0.5) is 0 Å². The third-order valence-corrected chi connectivity index (χ3v) is 4.86. The van der Waals surface area contributed by atoms with Crippen molar-refractivity contribution in [2.45, 2.75) is 5.60 Å². The summed E-state index contributed by atoms with van der Waals surface area (Å²) in [4.78, 5) is 37.4. The predicted octanol–water partition coefficient (Wildman–Crippen LogP) is 1.74. The summed E-state index contributed by atoms with van der Waals surface area (Å²) in [6, 6.07) is 6.60. The van der Waals surface area contributed by atoms with Crippen molar-refractivity contribution in [3.05, 3.63) is 46.5 Å². The zero-order valence-corrected chi connectivity index (χ0v) is 13.3. The van der Waals surface area contributed by atoms with Crippen molar-refractivity contribution >= 4 is 40.1 Å². The lowest BCUT2D eigenvalue weighted by Crippen LogP contribution is -2.46. The molecule has 0 saturated heterocycles. The van der Waals surface area contributed by atoms with Crippen LogP contribution >= 0.6 is 22.6 Å². The van der Waals surface area contributed by atoms with Crippen molar-refractivity contribution in [1.82, 2.24) is 0 Å². The molecule has 0 spiro atoms. The zero-order chi connectivity index (χ0) is 15.2. The summed E-state index contributed by atoms with van der Waals surface area (Å²) in [7, 11) is 1.24. The summed E-state index contributed by atoms with van der Waals surface area (Å²) in [5, 5.41) is 0. The minimum absolute atomic E-state index is 0.0493. The number of fused-ring (bicyclic) bond motifs is 1. The predicted molar refractivity (Wildman–Crippen MR) is 81.7 cm³/mol. The van der Waals surface area contributed by atoms with Crippen molar-refractivity contribution in [2.75, 3.05) is 18.1 Å². The molecule has 1 aliphatic carbocycles. The molecule has 108 valence electrons. The van der Waals surface area contributed by atoms with E-state index in [0.717, 1.165) is 0 Å². The highest BCUT2D eigenvalue weighted by atomic mass is 127. The summed E-state index contributed by atoms with van der Waals surface area (Å²) in [5.74, 6) is -1.24. The van der Waals surface area contributed by atoms with Crippen molar-refractivity contribution in [2.24, 2.45) is 0 Å². The van der Waals surface area contributed by atoms with Crippen LogP contribution in [-0.4, -0.2) is 41.3 Å². The average molecular weight is 398 g/mol. The van der Waals surface area contributed by atoms with E-state index in [1.807, 2.05) is 22.6 Å². The SMILES string of the molecule is COC(=O)C1(CI)OCC2=C1C(=O)c1ccccc1C2=O. The van der Waals surface area contributed by atoms with Crippen molar-refractivity contribution in [3.63, 3.8) is 0 Å². The molecule has 3 rings (SSSR count). The van der Waals surface area contributed by atoms with Crippen LogP contribution in [0.5, 0.6) is 0 Å². The standard InChI is InChI=1S/C15H11IO5/c1-20-14(19)15(7-16)11-10(6-21-15)12(17)8-4-2-3-5-9(8)13(11)18/h2-5H,6-7H2,1H3. The van der Waals surface area contributed by atoms with Crippen molar-refractivity contribution in [1.29, 1.82) is 0 Å². The summed E-state index contributed by atoms with van der Waals surface area (Å²) in [5.41, 5.74) is -0.415. The van der Waals surface area contributed by atoms with E-state index in [1.165, 1.54) is 7.11 Å². The topological polar surface area (TPSA) is 69.7 Å². The second kappa shape index (κ2) is 5.03. The molecule has 1 unspecified atom stereocenters. The van der Waals surface area contributed by atoms with E-state index in [9.17, 15) is 14.4 Å². The number of rotatable bonds is 2. The molecule has 6 heteroatoms. The minimum Gasteiger partial charge on any atom is -0.467 e. The first-order chi connectivity index (χ1) is 10.1. The number of hydrogen-bond donors (Lipinski definition) is 0. The molecule has 0 N–H and O–H groups in total. The summed E-state index contributed by atoms with van der Waals surface area (Å²) < 4.78 is 10.6. The number of methoxy groups -OCH3 is 1. The van der Waals surface area contributed by atoms with E-state index in [4.69, 9.17) is 9.47 Å². The smallest absolute Gasteiger partial charge is 0.343 e. The molecule has 0 radical (unpaired) electrons. The maximum Gasteiger partial charge on any atom is 0.343 e. The number of carbonyl (C=O) groups is 3. The molecule has 5 nitrogen and oxygen atoms in total. The van der Waals surface area contributed by atoms with Crippen LogP contribution in [0.3, 0.4) is 0 Å². The van der Waals surface area contributed by atoms with E-state index < -0.39 is 11.6 Å². The molecular weight excluding hydrogens is 387 g/mol. The van der Waals surface area contributed by atoms with Gasteiger partial charge < -0.3 is 9.47 Å². The van der Waals surface area contributed by atoms with E-state index in [2.05, 4.69) is 0 Å². The third kappa shape index (κ3) is 1.82. The van der Waals surface area contributed by atoms with Crippen LogP contribution < -0.4 is 0 Å². The Morgan fingerprint density at radius 1 is 1.29 bits per heavy atom. The van der Waals surface area contributed by atoms with E-state index in [0.29, 0.717) is 11.1 Å². The van der Waals surface area contributed by atoms with Gasteiger partial charge in [-0.2, -0.15) is 0 Å². The first kappa shape index (κ1) is 14.4. The van der Waals surface area contributed by atoms with Gasteiger partial charge in [-0.3, -0.25) is 9.59 Å². The number of ether oxygens (including phenoxy) is 2. The fourth-order valence-electron chi connectivity index (χ4n) is 2.75. The molecule has 1 atom stereocenters. The van der Waals surface area contributed by atoms with Gasteiger partial charge in [-0.05, 0) is 0 Å². The molecule has 0 fully saturated rings. The molecule has 0 bridgehead atoms. The second-order valence-electron chi connectivity index (χ2n) is 4.80. The van der Waals surface area contributed by atoms with Gasteiger partial charge in [-0.15, -0.1) is 0 Å². The first-order valence-corrected chi connectivity index (χ1v) is 7.79. The molecule has 1 aromatic rings. The largest absolute Gasteiger partial charge is 0.467 e. The van der Waals surface area contributed by atoms with Gasteiger partial charge in [0, 0.05) is 21.1 Å². The van der Waals surface area contributed by atoms with Gasteiger partial charge >= 0.3 is 5.97 Å². The zero-order valence-electron chi connectivity index (χ0n) is 11.1. The van der Waals surface area contributed by atoms with Gasteiger partial charge in [-0.25, -0.2) is 4.79 Å². The van der Waals surface area contributed by atoms with Crippen molar-refractivity contribution in [3.8, 4) is 0 Å². The van der Waals surface area contributed by atoms with Crippen molar-refractivity contribution < 1.29 is 23.9 Å². The molecule has 21 heavy (non-hydrogen) atoms. The Bertz CT molecular complexity index is 706. The van der Waals surface area contributed by atoms with E-state index in [-0.39, 0.29) is 33.7 Å². The minimum atomic E-state index is -1.48. The maximum absolute atomic E-state index is 12.7. The lowest BCUT2D eigenvalue weighted by molar-refractivity contribution is -0.158. The van der Waals surface area contributed by atoms with Gasteiger partial charge in [0.1, 0.15) is 0 Å². The van der Waals surface area contributed by atoms with Crippen LogP contribution in [0.15, 0.2) is 35.4 Å². The normalized spacial score (nSPS) is 23.9. The van der Waals surface area contributed by atoms with Gasteiger partial charge in [0.2, 0.25) is 5.60 Å². The van der Waals surface area contributed by atoms with Crippen LogP contribution in [0.1, 0.15) is 20.7 Å². The van der Waals surface area contributed by atoms with Crippen LogP contribution in [0, 0.1) is 0 Å². The summed E-state index contributed by atoms with van der Waals surface area (Å²) in [6.45, 7) is -0.0493. The Labute approximate surface area is 134 Å².